The molecule has 7 heteroatoms. The second-order valence-electron chi connectivity index (χ2n) is 6.73. The lowest BCUT2D eigenvalue weighted by atomic mass is 9.85. The van der Waals surface area contributed by atoms with Crippen LogP contribution in [0, 0.1) is 5.41 Å². The average Bonchev–Trinajstić information content (AvgIpc) is 2.67. The van der Waals surface area contributed by atoms with Crippen molar-refractivity contribution < 1.29 is 14.6 Å². The van der Waals surface area contributed by atoms with Crippen molar-refractivity contribution in [3.8, 4) is 5.75 Å². The van der Waals surface area contributed by atoms with E-state index < -0.39 is 11.5 Å². The molecule has 1 N–H and O–H groups in total. The first-order chi connectivity index (χ1) is 13.4. The van der Waals surface area contributed by atoms with Gasteiger partial charge in [0, 0.05) is 28.4 Å². The summed E-state index contributed by atoms with van der Waals surface area (Å²) in [5, 5.41) is 10.8. The maximum atomic E-state index is 9.93. The van der Waals surface area contributed by atoms with Crippen LogP contribution in [0.4, 0.5) is 0 Å². The van der Waals surface area contributed by atoms with E-state index in [1.165, 1.54) is 5.54 Å². The zero-order valence-corrected chi connectivity index (χ0v) is 17.9. The third kappa shape index (κ3) is 6.50. The fourth-order valence-corrected chi connectivity index (χ4v) is 2.95. The molecule has 2 aromatic rings. The van der Waals surface area contributed by atoms with Crippen molar-refractivity contribution >= 4 is 40.9 Å². The minimum Gasteiger partial charge on any atom is -0.457 e. The Morgan fingerprint density at radius 3 is 2.68 bits per heavy atom. The largest absolute Gasteiger partial charge is 0.457 e. The number of nitrogens with zero attached hydrogens (tertiary/aromatic N) is 1. The zero-order valence-electron chi connectivity index (χ0n) is 15.6. The maximum Gasteiger partial charge on any atom is 0.145 e. The number of benzene rings is 1. The third-order valence-electron chi connectivity index (χ3n) is 3.94. The van der Waals surface area contributed by atoms with Crippen molar-refractivity contribution in [2.75, 3.05) is 13.2 Å². The lowest BCUT2D eigenvalue weighted by molar-refractivity contribution is -0.0324. The van der Waals surface area contributed by atoms with Gasteiger partial charge in [-0.2, -0.15) is 0 Å². The van der Waals surface area contributed by atoms with E-state index in [1.807, 2.05) is 32.1 Å². The van der Waals surface area contributed by atoms with Crippen molar-refractivity contribution in [1.82, 2.24) is 4.98 Å². The van der Waals surface area contributed by atoms with Crippen molar-refractivity contribution in [3.63, 3.8) is 0 Å². The molecule has 2 rings (SSSR count). The molecule has 0 bridgehead atoms. The highest BCUT2D eigenvalue weighted by molar-refractivity contribution is 6.35. The minimum atomic E-state index is -0.646. The van der Waals surface area contributed by atoms with Gasteiger partial charge < -0.3 is 14.6 Å². The van der Waals surface area contributed by atoms with E-state index >= 15 is 0 Å². The molecule has 0 amide bonds. The fraction of sp³-hybridized carbons (Fsp3) is 0.286. The van der Waals surface area contributed by atoms with Gasteiger partial charge in [-0.05, 0) is 42.0 Å². The van der Waals surface area contributed by atoms with Crippen LogP contribution in [0.15, 0.2) is 60.1 Å². The second kappa shape index (κ2) is 10.8. The van der Waals surface area contributed by atoms with Gasteiger partial charge in [0.2, 0.25) is 0 Å². The van der Waals surface area contributed by atoms with Gasteiger partial charge in [0.15, 0.2) is 0 Å². The fourth-order valence-electron chi connectivity index (χ4n) is 2.43. The second-order valence-corrected chi connectivity index (χ2v) is 7.83. The molecule has 0 aliphatic heterocycles. The number of rotatable bonds is 9. The number of hydrogen-bond acceptors (Lipinski definition) is 4. The van der Waals surface area contributed by atoms with Gasteiger partial charge >= 0.3 is 0 Å². The normalized spacial score (nSPS) is 13.7. The first kappa shape index (κ1) is 22.7. The molecule has 150 valence electrons. The van der Waals surface area contributed by atoms with Gasteiger partial charge in [-0.25, -0.2) is 0 Å². The Balaban J connectivity index is 2.48. The summed E-state index contributed by atoms with van der Waals surface area (Å²) in [7, 11) is 0. The molecular weight excluding hydrogens is 421 g/mol. The predicted octanol–water partition coefficient (Wildman–Crippen LogP) is 5.96. The maximum absolute atomic E-state index is 9.93. The topological polar surface area (TPSA) is 51.6 Å². The van der Waals surface area contributed by atoms with Gasteiger partial charge in [-0.3, -0.25) is 4.98 Å². The summed E-state index contributed by atoms with van der Waals surface area (Å²) in [6.07, 6.45) is 6.28. The molecule has 28 heavy (non-hydrogen) atoms. The molecule has 0 saturated carbocycles. The van der Waals surface area contributed by atoms with Crippen molar-refractivity contribution in [2.45, 2.75) is 20.0 Å². The Bertz CT molecular complexity index is 823. The van der Waals surface area contributed by atoms with Crippen LogP contribution in [0.5, 0.6) is 5.75 Å². The summed E-state index contributed by atoms with van der Waals surface area (Å²) in [6, 6.07) is 8.68. The summed E-state index contributed by atoms with van der Waals surface area (Å²) in [6.45, 7) is 3.89. The molecule has 0 aliphatic carbocycles. The van der Waals surface area contributed by atoms with Crippen LogP contribution in [0.1, 0.15) is 19.4 Å². The van der Waals surface area contributed by atoms with E-state index in [0.29, 0.717) is 21.6 Å². The van der Waals surface area contributed by atoms with Crippen LogP contribution >= 0.6 is 34.8 Å². The number of aliphatic hydroxyl groups is 1. The molecule has 1 aromatic heterocycles. The Hall–Kier alpha value is -1.56. The van der Waals surface area contributed by atoms with E-state index in [4.69, 9.17) is 44.3 Å². The van der Waals surface area contributed by atoms with E-state index in [-0.39, 0.29) is 13.2 Å². The van der Waals surface area contributed by atoms with Gasteiger partial charge in [0.1, 0.15) is 17.6 Å². The van der Waals surface area contributed by atoms with Crippen molar-refractivity contribution in [2.24, 2.45) is 5.41 Å². The molecule has 0 fully saturated rings. The molecule has 0 spiro atoms. The van der Waals surface area contributed by atoms with Crippen LogP contribution in [0.2, 0.25) is 10.0 Å². The number of ether oxygens (including phenoxy) is 2. The van der Waals surface area contributed by atoms with Gasteiger partial charge in [-0.1, -0.05) is 54.7 Å². The van der Waals surface area contributed by atoms with E-state index in [2.05, 4.69) is 4.98 Å². The lowest BCUT2D eigenvalue weighted by Gasteiger charge is -2.33. The monoisotopic (exact) mass is 441 g/mol. The summed E-state index contributed by atoms with van der Waals surface area (Å²) in [5.74, 6) is 0.899. The summed E-state index contributed by atoms with van der Waals surface area (Å²) in [5.41, 5.74) is 1.55. The smallest absolute Gasteiger partial charge is 0.145 e. The van der Waals surface area contributed by atoms with Crippen molar-refractivity contribution in [1.29, 1.82) is 0 Å². The summed E-state index contributed by atoms with van der Waals surface area (Å²) < 4.78 is 12.1. The van der Waals surface area contributed by atoms with E-state index in [9.17, 15) is 5.11 Å². The quantitative estimate of drug-likeness (QED) is 0.486. The standard InChI is InChI=1S/C21H22Cl3NO3/c1-21(2,14-26)20(27-10-4-8-22)19(11-15-5-3-9-25-13-15)28-18-7-6-16(23)12-17(18)24/h3-9,11-13,20,26H,10,14H2,1-2H3. The number of aliphatic hydroxyl groups excluding tert-OH is 1. The Morgan fingerprint density at radius 2 is 2.07 bits per heavy atom. The molecule has 0 saturated heterocycles. The van der Waals surface area contributed by atoms with Gasteiger partial charge in [-0.15, -0.1) is 0 Å². The molecule has 0 aliphatic rings. The van der Waals surface area contributed by atoms with E-state index in [0.717, 1.165) is 5.56 Å². The average molecular weight is 443 g/mol. The number of halogens is 3. The highest BCUT2D eigenvalue weighted by Gasteiger charge is 2.34. The SMILES string of the molecule is CC(C)(CO)C(OCC=CCl)C(=Cc1cccnc1)Oc1ccc(Cl)cc1Cl. The Labute approximate surface area is 180 Å². The Kier molecular flexibility index (Phi) is 8.80. The molecule has 0 radical (unpaired) electrons. The minimum absolute atomic E-state index is 0.121. The molecule has 1 atom stereocenters. The molecule has 4 nitrogen and oxygen atoms in total. The highest BCUT2D eigenvalue weighted by Crippen LogP contribution is 2.35. The first-order valence-corrected chi connectivity index (χ1v) is 9.79. The van der Waals surface area contributed by atoms with Crippen LogP contribution < -0.4 is 4.74 Å². The summed E-state index contributed by atoms with van der Waals surface area (Å²) in [4.78, 5) is 4.13. The zero-order chi connectivity index (χ0) is 20.6. The van der Waals surface area contributed by atoms with Gasteiger partial charge in [0.25, 0.3) is 0 Å². The number of aromatic nitrogens is 1. The van der Waals surface area contributed by atoms with Crippen LogP contribution in [-0.4, -0.2) is 29.4 Å². The molecule has 1 unspecified atom stereocenters. The molecule has 1 aromatic carbocycles. The van der Waals surface area contributed by atoms with Crippen LogP contribution in [-0.2, 0) is 4.74 Å². The molecular formula is C21H22Cl3NO3. The first-order valence-electron chi connectivity index (χ1n) is 8.59. The molecule has 1 heterocycles. The van der Waals surface area contributed by atoms with E-state index in [1.54, 1.807) is 36.7 Å². The summed E-state index contributed by atoms with van der Waals surface area (Å²) >= 11 is 17.9. The third-order valence-corrected chi connectivity index (χ3v) is 4.65. The predicted molar refractivity (Wildman–Crippen MR) is 115 cm³/mol. The van der Waals surface area contributed by atoms with Crippen LogP contribution in [0.3, 0.4) is 0 Å². The number of pyridine rings is 1. The van der Waals surface area contributed by atoms with Crippen LogP contribution in [0.25, 0.3) is 6.08 Å². The van der Waals surface area contributed by atoms with Gasteiger partial charge in [0.05, 0.1) is 18.2 Å². The highest BCUT2D eigenvalue weighted by atomic mass is 35.5. The lowest BCUT2D eigenvalue weighted by Crippen LogP contribution is -2.38. The number of hydrogen-bond donors (Lipinski definition) is 1. The Morgan fingerprint density at radius 1 is 1.29 bits per heavy atom. The van der Waals surface area contributed by atoms with Crippen molar-refractivity contribution in [3.05, 3.63) is 75.7 Å².